The maximum Gasteiger partial charge on any atom is 0.326 e. The number of nitrogens with zero attached hydrogens (tertiary/aromatic N) is 1. The molecule has 0 aromatic heterocycles. The summed E-state index contributed by atoms with van der Waals surface area (Å²) in [7, 11) is -3.01. The van der Waals surface area contributed by atoms with Crippen LogP contribution in [0.2, 0.25) is 5.02 Å². The van der Waals surface area contributed by atoms with Gasteiger partial charge in [0.25, 0.3) is 0 Å². The number of aliphatic hydroxyl groups excluding tert-OH is 1. The molecule has 9 heteroatoms. The number of rotatable bonds is 5. The van der Waals surface area contributed by atoms with Gasteiger partial charge in [0.05, 0.1) is 29.2 Å². The third kappa shape index (κ3) is 3.68. The quantitative estimate of drug-likeness (QED) is 0.739. The molecule has 108 valence electrons. The second kappa shape index (κ2) is 6.67. The smallest absolute Gasteiger partial charge is 0.326 e. The van der Waals surface area contributed by atoms with E-state index in [1.54, 1.807) is 6.07 Å². The van der Waals surface area contributed by atoms with E-state index in [9.17, 15) is 13.2 Å². The summed E-state index contributed by atoms with van der Waals surface area (Å²) in [5, 5.41) is 17.7. The summed E-state index contributed by atoms with van der Waals surface area (Å²) in [5.41, 5.74) is 0.122. The van der Waals surface area contributed by atoms with Gasteiger partial charge in [-0.2, -0.15) is 9.98 Å². The molecule has 1 atom stereocenters. The molecule has 1 rings (SSSR count). The predicted octanol–water partition coefficient (Wildman–Crippen LogP) is 0.0239. The zero-order valence-corrected chi connectivity index (χ0v) is 11.9. The number of carbonyl (C=O) groups is 1. The Morgan fingerprint density at radius 2 is 2.25 bits per heavy atom. The van der Waals surface area contributed by atoms with Gasteiger partial charge in [-0.25, -0.2) is 8.42 Å². The minimum Gasteiger partial charge on any atom is -0.468 e. The summed E-state index contributed by atoms with van der Waals surface area (Å²) in [4.78, 5) is 11.0. The molecule has 20 heavy (non-hydrogen) atoms. The Labute approximate surface area is 120 Å². The molecule has 0 aliphatic heterocycles. The number of sulfonamides is 1. The first kappa shape index (κ1) is 16.4. The topological polar surface area (TPSA) is 116 Å². The summed E-state index contributed by atoms with van der Waals surface area (Å²) in [6, 6.07) is 3.86. The van der Waals surface area contributed by atoms with Crippen molar-refractivity contribution in [2.45, 2.75) is 10.9 Å². The second-order valence-corrected chi connectivity index (χ2v) is 5.75. The molecule has 0 heterocycles. The average Bonchev–Trinajstić information content (AvgIpc) is 2.43. The van der Waals surface area contributed by atoms with Crippen molar-refractivity contribution in [2.24, 2.45) is 0 Å². The number of aliphatic hydroxyl groups is 1. The number of halogens is 1. The van der Waals surface area contributed by atoms with Gasteiger partial charge in [-0.1, -0.05) is 11.6 Å². The largest absolute Gasteiger partial charge is 0.468 e. The lowest BCUT2D eigenvalue weighted by molar-refractivity contribution is -0.143. The number of ether oxygens (including phenoxy) is 1. The van der Waals surface area contributed by atoms with E-state index in [2.05, 4.69) is 4.74 Å². The van der Waals surface area contributed by atoms with Crippen molar-refractivity contribution in [3.63, 3.8) is 0 Å². The number of nitrogens with one attached hydrogen (secondary N) is 1. The van der Waals surface area contributed by atoms with E-state index in [0.717, 1.165) is 13.2 Å². The van der Waals surface area contributed by atoms with Crippen LogP contribution in [0.4, 0.5) is 0 Å². The van der Waals surface area contributed by atoms with Crippen molar-refractivity contribution in [3.8, 4) is 6.07 Å². The monoisotopic (exact) mass is 318 g/mol. The van der Waals surface area contributed by atoms with Crippen LogP contribution < -0.4 is 4.72 Å². The first-order valence-corrected chi connectivity index (χ1v) is 7.12. The molecule has 0 fully saturated rings. The first-order chi connectivity index (χ1) is 9.35. The van der Waals surface area contributed by atoms with Crippen LogP contribution in [0.5, 0.6) is 0 Å². The highest BCUT2D eigenvalue weighted by atomic mass is 35.5. The van der Waals surface area contributed by atoms with Crippen molar-refractivity contribution in [1.29, 1.82) is 5.26 Å². The van der Waals surface area contributed by atoms with Crippen LogP contribution in [0, 0.1) is 11.3 Å². The van der Waals surface area contributed by atoms with Gasteiger partial charge < -0.3 is 9.84 Å². The normalized spacial score (nSPS) is 12.5. The third-order valence-corrected chi connectivity index (χ3v) is 4.12. The van der Waals surface area contributed by atoms with Crippen LogP contribution in [0.25, 0.3) is 0 Å². The van der Waals surface area contributed by atoms with E-state index >= 15 is 0 Å². The fourth-order valence-corrected chi connectivity index (χ4v) is 2.80. The Kier molecular flexibility index (Phi) is 5.47. The third-order valence-electron chi connectivity index (χ3n) is 2.34. The maximum absolute atomic E-state index is 12.0. The van der Waals surface area contributed by atoms with Crippen LogP contribution in [-0.2, 0) is 19.6 Å². The molecule has 0 amide bonds. The molecule has 1 aromatic carbocycles. The van der Waals surface area contributed by atoms with Crippen molar-refractivity contribution in [1.82, 2.24) is 4.72 Å². The van der Waals surface area contributed by atoms with Gasteiger partial charge >= 0.3 is 5.97 Å². The highest BCUT2D eigenvalue weighted by Crippen LogP contribution is 2.20. The zero-order valence-electron chi connectivity index (χ0n) is 10.3. The molecule has 1 aromatic rings. The summed E-state index contributed by atoms with van der Waals surface area (Å²) in [6.45, 7) is -0.754. The first-order valence-electron chi connectivity index (χ1n) is 5.26. The van der Waals surface area contributed by atoms with Gasteiger partial charge in [-0.05, 0) is 18.2 Å². The van der Waals surface area contributed by atoms with Gasteiger partial charge in [-0.3, -0.25) is 4.79 Å². The van der Waals surface area contributed by atoms with Crippen LogP contribution in [0.1, 0.15) is 5.56 Å². The summed E-state index contributed by atoms with van der Waals surface area (Å²) in [6.07, 6.45) is 0. The van der Waals surface area contributed by atoms with Crippen LogP contribution in [0.15, 0.2) is 23.1 Å². The summed E-state index contributed by atoms with van der Waals surface area (Å²) < 4.78 is 30.3. The molecular formula is C11H11ClN2O5S. The van der Waals surface area contributed by atoms with E-state index < -0.39 is 28.6 Å². The fraction of sp³-hybridized carbons (Fsp3) is 0.273. The molecule has 2 N–H and O–H groups in total. The summed E-state index contributed by atoms with van der Waals surface area (Å²) >= 11 is 5.74. The Morgan fingerprint density at radius 3 is 2.70 bits per heavy atom. The SMILES string of the molecule is COC(=O)C(CO)NS(=O)(=O)c1ccc(C#N)c(Cl)c1. The lowest BCUT2D eigenvalue weighted by Crippen LogP contribution is -2.43. The number of carbonyl (C=O) groups excluding carboxylic acids is 1. The molecule has 0 spiro atoms. The molecule has 0 aliphatic carbocycles. The number of esters is 1. The number of nitriles is 1. The van der Waals surface area contributed by atoms with Crippen molar-refractivity contribution >= 4 is 27.6 Å². The van der Waals surface area contributed by atoms with Gasteiger partial charge in [0.15, 0.2) is 0 Å². The minimum absolute atomic E-state index is 0.0333. The molecular weight excluding hydrogens is 308 g/mol. The average molecular weight is 319 g/mol. The lowest BCUT2D eigenvalue weighted by Gasteiger charge is -2.14. The van der Waals surface area contributed by atoms with E-state index in [4.69, 9.17) is 22.0 Å². The number of hydrogen-bond donors (Lipinski definition) is 2. The van der Waals surface area contributed by atoms with Gasteiger partial charge in [0, 0.05) is 0 Å². The van der Waals surface area contributed by atoms with Gasteiger partial charge in [-0.15, -0.1) is 0 Å². The molecule has 0 aliphatic rings. The predicted molar refractivity (Wildman–Crippen MR) is 69.4 cm³/mol. The van der Waals surface area contributed by atoms with E-state index in [-0.39, 0.29) is 15.5 Å². The van der Waals surface area contributed by atoms with E-state index in [1.807, 2.05) is 4.72 Å². The van der Waals surface area contributed by atoms with E-state index in [0.29, 0.717) is 0 Å². The number of methoxy groups -OCH3 is 1. The van der Waals surface area contributed by atoms with Crippen LogP contribution in [0.3, 0.4) is 0 Å². The summed E-state index contributed by atoms with van der Waals surface area (Å²) in [5.74, 6) is -0.921. The highest BCUT2D eigenvalue weighted by Gasteiger charge is 2.26. The van der Waals surface area contributed by atoms with Crippen molar-refractivity contribution < 1.29 is 23.1 Å². The number of benzene rings is 1. The fourth-order valence-electron chi connectivity index (χ4n) is 1.31. The van der Waals surface area contributed by atoms with E-state index in [1.165, 1.54) is 12.1 Å². The minimum atomic E-state index is -4.08. The Bertz CT molecular complexity index is 653. The Morgan fingerprint density at radius 1 is 1.60 bits per heavy atom. The molecule has 0 saturated carbocycles. The highest BCUT2D eigenvalue weighted by molar-refractivity contribution is 7.89. The standard InChI is InChI=1S/C11H11ClN2O5S/c1-19-11(16)10(6-15)14-20(17,18)8-3-2-7(5-13)9(12)4-8/h2-4,10,14-15H,6H2,1H3. The van der Waals surface area contributed by atoms with Crippen molar-refractivity contribution in [3.05, 3.63) is 28.8 Å². The molecule has 0 saturated heterocycles. The Balaban J connectivity index is 3.08. The molecule has 1 unspecified atom stereocenters. The molecule has 7 nitrogen and oxygen atoms in total. The van der Waals surface area contributed by atoms with Gasteiger partial charge in [0.2, 0.25) is 10.0 Å². The second-order valence-electron chi connectivity index (χ2n) is 3.63. The maximum atomic E-state index is 12.0. The molecule has 0 radical (unpaired) electrons. The number of hydrogen-bond acceptors (Lipinski definition) is 6. The lowest BCUT2D eigenvalue weighted by atomic mass is 10.2. The zero-order chi connectivity index (χ0) is 15.3. The van der Waals surface area contributed by atoms with Crippen molar-refractivity contribution in [2.75, 3.05) is 13.7 Å². The molecule has 0 bridgehead atoms. The Hall–Kier alpha value is -1.66. The van der Waals surface area contributed by atoms with Gasteiger partial charge in [0.1, 0.15) is 12.1 Å². The van der Waals surface area contributed by atoms with Crippen LogP contribution >= 0.6 is 11.6 Å². The van der Waals surface area contributed by atoms with Crippen LogP contribution in [-0.4, -0.2) is 39.3 Å².